The summed E-state index contributed by atoms with van der Waals surface area (Å²) in [5, 5.41) is 17.5. The van der Waals surface area contributed by atoms with Gasteiger partial charge in [-0.25, -0.2) is 0 Å². The van der Waals surface area contributed by atoms with Crippen molar-refractivity contribution in [1.82, 2.24) is 0 Å². The third-order valence-corrected chi connectivity index (χ3v) is 7.41. The van der Waals surface area contributed by atoms with Crippen molar-refractivity contribution in [2.24, 2.45) is 0 Å². The van der Waals surface area contributed by atoms with Gasteiger partial charge in [-0.1, -0.05) is 20.8 Å². The van der Waals surface area contributed by atoms with E-state index in [1.807, 2.05) is 0 Å². The predicted octanol–water partition coefficient (Wildman–Crippen LogP) is 1.87. The summed E-state index contributed by atoms with van der Waals surface area (Å²) in [5.41, 5.74) is 0. The fourth-order valence-corrected chi connectivity index (χ4v) is 1.90. The lowest BCUT2D eigenvalue weighted by Gasteiger charge is -2.36. The van der Waals surface area contributed by atoms with Crippen molar-refractivity contribution < 1.29 is 14.5 Å². The van der Waals surface area contributed by atoms with Gasteiger partial charge in [0.25, 0.3) is 0 Å². The maximum atomic E-state index is 8.65. The van der Waals surface area contributed by atoms with Gasteiger partial charge in [-0.05, 0) is 30.9 Å². The van der Waals surface area contributed by atoms with Crippen LogP contribution in [0.4, 0.5) is 0 Å². The topological polar surface area (TPSA) is 49.7 Å². The third-order valence-electron chi connectivity index (χ3n) is 2.88. The van der Waals surface area contributed by atoms with E-state index in [2.05, 4.69) is 33.9 Å². The van der Waals surface area contributed by atoms with Gasteiger partial charge in [0.15, 0.2) is 8.32 Å². The zero-order valence-corrected chi connectivity index (χ0v) is 11.0. The Morgan fingerprint density at radius 2 is 1.71 bits per heavy atom. The van der Waals surface area contributed by atoms with Crippen LogP contribution in [0.1, 0.15) is 27.2 Å². The molecule has 14 heavy (non-hydrogen) atoms. The first kappa shape index (κ1) is 14.2. The van der Waals surface area contributed by atoms with E-state index >= 15 is 0 Å². The Kier molecular flexibility index (Phi) is 5.36. The summed E-state index contributed by atoms with van der Waals surface area (Å²) in [7, 11) is -2.84. The Bertz CT molecular complexity index is 166. The van der Waals surface area contributed by atoms with Crippen LogP contribution in [0.2, 0.25) is 24.5 Å². The normalized spacial score (nSPS) is 13.1. The van der Waals surface area contributed by atoms with Crippen molar-refractivity contribution >= 4 is 15.4 Å². The molecule has 0 aliphatic rings. The van der Waals surface area contributed by atoms with Gasteiger partial charge >= 0.3 is 7.12 Å². The van der Waals surface area contributed by atoms with Crippen LogP contribution >= 0.6 is 0 Å². The first-order valence-corrected chi connectivity index (χ1v) is 8.08. The highest BCUT2D eigenvalue weighted by Crippen LogP contribution is 2.36. The molecule has 0 aromatic rings. The van der Waals surface area contributed by atoms with E-state index in [1.54, 1.807) is 0 Å². The minimum absolute atomic E-state index is 0.227. The lowest BCUT2D eigenvalue weighted by atomic mass is 9.85. The quantitative estimate of drug-likeness (QED) is 0.547. The van der Waals surface area contributed by atoms with Crippen molar-refractivity contribution in [1.29, 1.82) is 0 Å². The molecule has 0 amide bonds. The second-order valence-corrected chi connectivity index (χ2v) is 10.0. The minimum Gasteiger partial charge on any atom is -0.427 e. The summed E-state index contributed by atoms with van der Waals surface area (Å²) in [6.07, 6.45) is 1.11. The summed E-state index contributed by atoms with van der Waals surface area (Å²) < 4.78 is 5.86. The highest BCUT2D eigenvalue weighted by Gasteiger charge is 2.36. The highest BCUT2D eigenvalue weighted by atomic mass is 28.4. The summed E-state index contributed by atoms with van der Waals surface area (Å²) in [5.74, 6) is 0. The van der Waals surface area contributed by atoms with E-state index in [4.69, 9.17) is 14.5 Å². The Morgan fingerprint density at radius 1 is 1.21 bits per heavy atom. The molecule has 0 rings (SSSR count). The Hall–Kier alpha value is 0.162. The highest BCUT2D eigenvalue weighted by molar-refractivity contribution is 6.74. The molecular formula is C9H23BO3Si. The predicted molar refractivity (Wildman–Crippen MR) is 62.8 cm³/mol. The Balaban J connectivity index is 3.78. The summed E-state index contributed by atoms with van der Waals surface area (Å²) in [6.45, 7) is 11.6. The largest absolute Gasteiger partial charge is 0.451 e. The lowest BCUT2D eigenvalue weighted by Crippen LogP contribution is -2.41. The zero-order valence-electron chi connectivity index (χ0n) is 10.0. The van der Waals surface area contributed by atoms with Crippen LogP contribution < -0.4 is 0 Å². The Morgan fingerprint density at radius 3 is 2.07 bits per heavy atom. The van der Waals surface area contributed by atoms with Crippen molar-refractivity contribution in [3.05, 3.63) is 0 Å². The van der Waals surface area contributed by atoms with Crippen molar-refractivity contribution in [3.8, 4) is 0 Å². The van der Waals surface area contributed by atoms with Gasteiger partial charge < -0.3 is 14.5 Å². The molecule has 2 N–H and O–H groups in total. The van der Waals surface area contributed by atoms with Crippen molar-refractivity contribution in [3.63, 3.8) is 0 Å². The van der Waals surface area contributed by atoms with Crippen LogP contribution in [0.3, 0.4) is 0 Å². The molecule has 0 fully saturated rings. The van der Waals surface area contributed by atoms with E-state index in [0.29, 0.717) is 19.3 Å². The molecule has 0 atom stereocenters. The smallest absolute Gasteiger partial charge is 0.427 e. The van der Waals surface area contributed by atoms with E-state index in [0.717, 1.165) is 0 Å². The van der Waals surface area contributed by atoms with Crippen LogP contribution in [0.25, 0.3) is 0 Å². The lowest BCUT2D eigenvalue weighted by molar-refractivity contribution is 0.282. The van der Waals surface area contributed by atoms with Gasteiger partial charge in [-0.3, -0.25) is 0 Å². The molecule has 3 nitrogen and oxygen atoms in total. The van der Waals surface area contributed by atoms with Crippen LogP contribution in [-0.2, 0) is 4.43 Å². The molecule has 0 aliphatic heterocycles. The fourth-order valence-electron chi connectivity index (χ4n) is 0.810. The maximum Gasteiger partial charge on any atom is 0.451 e. The molecule has 84 valence electrons. The standard InChI is InChI=1S/C9H23BO3Si/c1-9(2,3)14(4,5)13-8-6-7-10(11)12/h11-12H,6-8H2,1-5H3. The third kappa shape index (κ3) is 5.14. The molecule has 0 aliphatic carbocycles. The average molecular weight is 218 g/mol. The monoisotopic (exact) mass is 218 g/mol. The first-order chi connectivity index (χ1) is 6.17. The fraction of sp³-hybridized carbons (Fsp3) is 1.00. The molecule has 0 heterocycles. The number of rotatable bonds is 5. The van der Waals surface area contributed by atoms with E-state index < -0.39 is 15.4 Å². The van der Waals surface area contributed by atoms with Crippen LogP contribution in [0.15, 0.2) is 0 Å². The Labute approximate surface area is 88.8 Å². The molecule has 0 unspecified atom stereocenters. The van der Waals surface area contributed by atoms with Crippen LogP contribution in [0.5, 0.6) is 0 Å². The summed E-state index contributed by atoms with van der Waals surface area (Å²) in [4.78, 5) is 0. The van der Waals surface area contributed by atoms with Crippen molar-refractivity contribution in [2.75, 3.05) is 6.61 Å². The molecule has 0 radical (unpaired) electrons. The van der Waals surface area contributed by atoms with E-state index in [1.165, 1.54) is 0 Å². The van der Waals surface area contributed by atoms with E-state index in [-0.39, 0.29) is 5.04 Å². The molecule has 5 heteroatoms. The molecule has 0 spiro atoms. The minimum atomic E-state index is -1.64. The van der Waals surface area contributed by atoms with E-state index in [9.17, 15) is 0 Å². The second kappa shape index (κ2) is 5.30. The molecule has 0 saturated carbocycles. The second-order valence-electron chi connectivity index (χ2n) is 5.23. The van der Waals surface area contributed by atoms with Crippen LogP contribution in [-0.4, -0.2) is 32.1 Å². The first-order valence-electron chi connectivity index (χ1n) is 5.17. The van der Waals surface area contributed by atoms with Gasteiger partial charge in [0.2, 0.25) is 0 Å². The van der Waals surface area contributed by atoms with Gasteiger partial charge in [-0.15, -0.1) is 0 Å². The molecule has 0 aromatic carbocycles. The summed E-state index contributed by atoms with van der Waals surface area (Å²) >= 11 is 0. The van der Waals surface area contributed by atoms with Crippen molar-refractivity contribution in [2.45, 2.75) is 51.6 Å². The summed E-state index contributed by atoms with van der Waals surface area (Å²) in [6, 6.07) is 0. The van der Waals surface area contributed by atoms with Gasteiger partial charge in [-0.2, -0.15) is 0 Å². The molecule has 0 bridgehead atoms. The zero-order chi connectivity index (χ0) is 11.4. The molecular weight excluding hydrogens is 195 g/mol. The number of hydrogen-bond donors (Lipinski definition) is 2. The van der Waals surface area contributed by atoms with Crippen LogP contribution in [0, 0.1) is 0 Å². The average Bonchev–Trinajstić information content (AvgIpc) is 1.95. The molecule has 0 aromatic heterocycles. The maximum absolute atomic E-state index is 8.65. The van der Waals surface area contributed by atoms with Gasteiger partial charge in [0, 0.05) is 6.61 Å². The van der Waals surface area contributed by atoms with Gasteiger partial charge in [0.1, 0.15) is 0 Å². The molecule has 0 saturated heterocycles. The van der Waals surface area contributed by atoms with Gasteiger partial charge in [0.05, 0.1) is 0 Å². The SMILES string of the molecule is CC(C)(C)[Si](C)(C)OCCCB(O)O. The number of hydrogen-bond acceptors (Lipinski definition) is 3.